The van der Waals surface area contributed by atoms with Crippen LogP contribution < -0.4 is 11.1 Å². The summed E-state index contributed by atoms with van der Waals surface area (Å²) in [6.45, 7) is 7.29. The Hall–Kier alpha value is -2.24. The highest BCUT2D eigenvalue weighted by atomic mass is 16.6. The molecule has 112 valence electrons. The van der Waals surface area contributed by atoms with E-state index in [0.717, 1.165) is 5.56 Å². The summed E-state index contributed by atoms with van der Waals surface area (Å²) in [5.41, 5.74) is 6.40. The van der Waals surface area contributed by atoms with E-state index in [9.17, 15) is 9.59 Å². The van der Waals surface area contributed by atoms with E-state index in [1.807, 2.05) is 27.7 Å². The lowest BCUT2D eigenvalue weighted by Crippen LogP contribution is -2.30. The van der Waals surface area contributed by atoms with Crippen LogP contribution in [-0.2, 0) is 4.74 Å². The summed E-state index contributed by atoms with van der Waals surface area (Å²) in [6.07, 6.45) is -0.387. The number of hydrogen-bond acceptors (Lipinski definition) is 4. The fourth-order valence-corrected chi connectivity index (χ4v) is 1.18. The Bertz CT molecular complexity index is 479. The van der Waals surface area contributed by atoms with Gasteiger partial charge in [-0.1, -0.05) is 11.6 Å². The Kier molecular flexibility index (Phi) is 6.55. The molecule has 0 fully saturated rings. The molecular formula is C14H22N2O4. The average molecular weight is 282 g/mol. The number of benzene rings is 1. The number of carboxylic acids is 1. The van der Waals surface area contributed by atoms with Gasteiger partial charge in [-0.25, -0.2) is 9.59 Å². The first-order chi connectivity index (χ1) is 9.06. The van der Waals surface area contributed by atoms with Gasteiger partial charge in [-0.2, -0.15) is 0 Å². The van der Waals surface area contributed by atoms with Gasteiger partial charge in [0, 0.05) is 12.7 Å². The number of hydrogen-bond donors (Lipinski definition) is 3. The van der Waals surface area contributed by atoms with Gasteiger partial charge in [0.1, 0.15) is 5.60 Å². The Balaban J connectivity index is 0.000000370. The zero-order chi connectivity index (χ0) is 15.9. The van der Waals surface area contributed by atoms with Crippen LogP contribution >= 0.6 is 0 Å². The van der Waals surface area contributed by atoms with Gasteiger partial charge in [-0.05, 0) is 39.8 Å². The maximum Gasteiger partial charge on any atom is 0.407 e. The molecule has 20 heavy (non-hydrogen) atoms. The summed E-state index contributed by atoms with van der Waals surface area (Å²) in [4.78, 5) is 21.0. The minimum absolute atomic E-state index is 0.171. The molecule has 1 aromatic carbocycles. The molecule has 1 rings (SSSR count). The van der Waals surface area contributed by atoms with E-state index in [1.54, 1.807) is 18.2 Å². The first-order valence-electron chi connectivity index (χ1n) is 6.07. The second-order valence-corrected chi connectivity index (χ2v) is 5.15. The summed E-state index contributed by atoms with van der Waals surface area (Å²) >= 11 is 0. The number of anilines is 1. The van der Waals surface area contributed by atoms with E-state index in [-0.39, 0.29) is 17.3 Å². The van der Waals surface area contributed by atoms with Crippen molar-refractivity contribution in [3.05, 3.63) is 29.3 Å². The van der Waals surface area contributed by atoms with Crippen LogP contribution in [0.15, 0.2) is 18.2 Å². The third-order valence-electron chi connectivity index (χ3n) is 2.04. The Morgan fingerprint density at radius 3 is 2.15 bits per heavy atom. The molecule has 0 saturated heterocycles. The average Bonchev–Trinajstić information content (AvgIpc) is 2.30. The summed E-state index contributed by atoms with van der Waals surface area (Å²) in [5.74, 6) is -0.980. The van der Waals surface area contributed by atoms with E-state index >= 15 is 0 Å². The molecule has 1 aromatic rings. The predicted molar refractivity (Wildman–Crippen MR) is 77.8 cm³/mol. The third-order valence-corrected chi connectivity index (χ3v) is 2.04. The monoisotopic (exact) mass is 282 g/mol. The summed E-state index contributed by atoms with van der Waals surface area (Å²) in [7, 11) is 1.54. The quantitative estimate of drug-likeness (QED) is 0.686. The van der Waals surface area contributed by atoms with Gasteiger partial charge in [-0.3, -0.25) is 0 Å². The normalized spacial score (nSPS) is 10.1. The molecule has 0 bridgehead atoms. The van der Waals surface area contributed by atoms with Crippen LogP contribution in [0.5, 0.6) is 0 Å². The summed E-state index contributed by atoms with van der Waals surface area (Å²) in [5, 5.41) is 11.0. The van der Waals surface area contributed by atoms with Crippen molar-refractivity contribution in [3.63, 3.8) is 0 Å². The molecule has 0 aliphatic rings. The maximum absolute atomic E-state index is 10.5. The lowest BCUT2D eigenvalue weighted by Gasteiger charge is -2.18. The van der Waals surface area contributed by atoms with Crippen LogP contribution in [0.2, 0.25) is 0 Å². The zero-order valence-corrected chi connectivity index (χ0v) is 12.5. The molecule has 0 unspecified atom stereocenters. The molecule has 0 spiro atoms. The number of carbonyl (C=O) groups excluding carboxylic acids is 1. The number of alkyl carbamates (subject to hydrolysis) is 1. The minimum atomic E-state index is -0.980. The van der Waals surface area contributed by atoms with Gasteiger partial charge >= 0.3 is 12.1 Å². The number of nitrogen functional groups attached to an aromatic ring is 1. The molecule has 4 N–H and O–H groups in total. The number of aromatic carboxylic acids is 1. The third kappa shape index (κ3) is 7.25. The molecule has 6 heteroatoms. The van der Waals surface area contributed by atoms with Gasteiger partial charge in [-0.15, -0.1) is 0 Å². The highest BCUT2D eigenvalue weighted by Gasteiger charge is 2.13. The van der Waals surface area contributed by atoms with Gasteiger partial charge in [0.25, 0.3) is 0 Å². The topological polar surface area (TPSA) is 102 Å². The fourth-order valence-electron chi connectivity index (χ4n) is 1.18. The summed E-state index contributed by atoms with van der Waals surface area (Å²) in [6, 6.07) is 4.93. The van der Waals surface area contributed by atoms with Crippen molar-refractivity contribution in [1.29, 1.82) is 0 Å². The first-order valence-corrected chi connectivity index (χ1v) is 6.07. The number of nitrogens with two attached hydrogens (primary N) is 1. The van der Waals surface area contributed by atoms with Crippen LogP contribution in [0.1, 0.15) is 36.7 Å². The largest absolute Gasteiger partial charge is 0.478 e. The number of ether oxygens (including phenoxy) is 1. The fraction of sp³-hybridized carbons (Fsp3) is 0.429. The lowest BCUT2D eigenvalue weighted by atomic mass is 10.1. The Morgan fingerprint density at radius 2 is 1.85 bits per heavy atom. The van der Waals surface area contributed by atoms with Gasteiger partial charge in [0.15, 0.2) is 0 Å². The molecule has 0 heterocycles. The molecule has 6 nitrogen and oxygen atoms in total. The van der Waals surface area contributed by atoms with Crippen molar-refractivity contribution in [3.8, 4) is 0 Å². The second kappa shape index (κ2) is 7.37. The molecule has 0 aliphatic carbocycles. The second-order valence-electron chi connectivity index (χ2n) is 5.15. The molecular weight excluding hydrogens is 260 g/mol. The van der Waals surface area contributed by atoms with E-state index in [4.69, 9.17) is 15.6 Å². The Morgan fingerprint density at radius 1 is 1.30 bits per heavy atom. The van der Waals surface area contributed by atoms with E-state index in [1.165, 1.54) is 7.05 Å². The van der Waals surface area contributed by atoms with Crippen molar-refractivity contribution in [1.82, 2.24) is 5.32 Å². The van der Waals surface area contributed by atoms with E-state index in [2.05, 4.69) is 5.32 Å². The molecule has 0 atom stereocenters. The van der Waals surface area contributed by atoms with E-state index < -0.39 is 5.97 Å². The number of carbonyl (C=O) groups is 2. The zero-order valence-electron chi connectivity index (χ0n) is 12.5. The SMILES string of the molecule is CNC(=O)OC(C)(C)C.Cc1ccc(N)c(C(=O)O)c1. The summed E-state index contributed by atoms with van der Waals surface area (Å²) < 4.78 is 4.84. The molecule has 1 amide bonds. The van der Waals surface area contributed by atoms with Gasteiger partial charge < -0.3 is 20.9 Å². The Labute approximate surface area is 118 Å². The van der Waals surface area contributed by atoms with Crippen molar-refractivity contribution in [2.75, 3.05) is 12.8 Å². The van der Waals surface area contributed by atoms with E-state index in [0.29, 0.717) is 5.69 Å². The molecule has 0 aliphatic heterocycles. The van der Waals surface area contributed by atoms with Crippen LogP contribution in [0.25, 0.3) is 0 Å². The lowest BCUT2D eigenvalue weighted by molar-refractivity contribution is 0.0541. The molecule has 0 saturated carbocycles. The van der Waals surface area contributed by atoms with Crippen molar-refractivity contribution >= 4 is 17.7 Å². The van der Waals surface area contributed by atoms with Crippen LogP contribution in [0, 0.1) is 6.92 Å². The number of carboxylic acid groups (broad SMARTS) is 1. The predicted octanol–water partition coefficient (Wildman–Crippen LogP) is 2.42. The number of aryl methyl sites for hydroxylation is 1. The number of amides is 1. The van der Waals surface area contributed by atoms with Gasteiger partial charge in [0.2, 0.25) is 0 Å². The number of rotatable bonds is 1. The van der Waals surface area contributed by atoms with Crippen LogP contribution in [-0.4, -0.2) is 29.8 Å². The maximum atomic E-state index is 10.5. The standard InChI is InChI=1S/C8H9NO2.C6H13NO2/c1-5-2-3-7(9)6(4-5)8(10)11;1-6(2,3)9-5(8)7-4/h2-4H,9H2,1H3,(H,10,11);1-4H3,(H,7,8). The van der Waals surface area contributed by atoms with Crippen LogP contribution in [0.4, 0.5) is 10.5 Å². The highest BCUT2D eigenvalue weighted by Crippen LogP contribution is 2.12. The van der Waals surface area contributed by atoms with Crippen LogP contribution in [0.3, 0.4) is 0 Å². The minimum Gasteiger partial charge on any atom is -0.478 e. The molecule has 0 radical (unpaired) electrons. The first kappa shape index (κ1) is 17.8. The molecule has 0 aromatic heterocycles. The van der Waals surface area contributed by atoms with Gasteiger partial charge in [0.05, 0.1) is 5.56 Å². The van der Waals surface area contributed by atoms with Crippen molar-refractivity contribution in [2.24, 2.45) is 0 Å². The smallest absolute Gasteiger partial charge is 0.407 e. The van der Waals surface area contributed by atoms with Crippen molar-refractivity contribution < 1.29 is 19.4 Å². The number of nitrogens with one attached hydrogen (secondary N) is 1. The highest BCUT2D eigenvalue weighted by molar-refractivity contribution is 5.93. The van der Waals surface area contributed by atoms with Crippen molar-refractivity contribution in [2.45, 2.75) is 33.3 Å².